The number of azo groups is 1. The van der Waals surface area contributed by atoms with Crippen LogP contribution < -0.4 is 4.74 Å². The van der Waals surface area contributed by atoms with Crippen LogP contribution in [0.25, 0.3) is 0 Å². The van der Waals surface area contributed by atoms with Crippen molar-refractivity contribution in [2.45, 2.75) is 6.42 Å². The van der Waals surface area contributed by atoms with Crippen molar-refractivity contribution in [3.8, 4) is 11.5 Å². The number of rotatable bonds is 4. The van der Waals surface area contributed by atoms with Crippen LogP contribution in [0.3, 0.4) is 0 Å². The molecule has 2 radical (unpaired) electrons. The van der Waals surface area contributed by atoms with Crippen LogP contribution in [0.5, 0.6) is 11.5 Å². The zero-order valence-electron chi connectivity index (χ0n) is 12.2. The van der Waals surface area contributed by atoms with Crippen LogP contribution in [-0.2, 0) is 4.79 Å². The minimum absolute atomic E-state index is 0.00927. The molecule has 0 spiro atoms. The Hall–Kier alpha value is -2.95. The van der Waals surface area contributed by atoms with Crippen LogP contribution in [0.15, 0.2) is 70.9 Å². The van der Waals surface area contributed by atoms with Gasteiger partial charge in [0, 0.05) is 12.5 Å². The number of hydrogen-bond donors (Lipinski definition) is 1. The van der Waals surface area contributed by atoms with Crippen LogP contribution in [0.1, 0.15) is 6.42 Å². The fourth-order valence-electron chi connectivity index (χ4n) is 2.04. The van der Waals surface area contributed by atoms with Crippen LogP contribution >= 0.6 is 0 Å². The first-order chi connectivity index (χ1) is 11.2. The number of aromatic hydroxyl groups is 1. The normalized spacial score (nSPS) is 14.4. The summed E-state index contributed by atoms with van der Waals surface area (Å²) in [6.07, 6.45) is 5.92. The molecule has 1 N–H and O–H groups in total. The summed E-state index contributed by atoms with van der Waals surface area (Å²) in [7, 11) is 0. The van der Waals surface area contributed by atoms with E-state index in [1.165, 1.54) is 12.1 Å². The lowest BCUT2D eigenvalue weighted by Gasteiger charge is -2.10. The second kappa shape index (κ2) is 6.87. The third-order valence-corrected chi connectivity index (χ3v) is 3.21. The Labute approximate surface area is 133 Å². The molecule has 0 saturated heterocycles. The average Bonchev–Trinajstić information content (AvgIpc) is 3.10. The Balaban J connectivity index is 1.80. The molecule has 0 aliphatic heterocycles. The predicted molar refractivity (Wildman–Crippen MR) is 85.7 cm³/mol. The average molecular weight is 306 g/mol. The maximum Gasteiger partial charge on any atom is 0.319 e. The summed E-state index contributed by atoms with van der Waals surface area (Å²) in [6.45, 7) is 0. The molecule has 0 bridgehead atoms. The largest absolute Gasteiger partial charge is 0.508 e. The van der Waals surface area contributed by atoms with Crippen molar-refractivity contribution in [3.63, 3.8) is 0 Å². The van der Waals surface area contributed by atoms with E-state index < -0.39 is 5.97 Å². The first kappa shape index (κ1) is 15.0. The molecule has 1 aliphatic carbocycles. The highest BCUT2D eigenvalue weighted by Gasteiger charge is 2.23. The van der Waals surface area contributed by atoms with Gasteiger partial charge in [-0.15, -0.1) is 5.11 Å². The van der Waals surface area contributed by atoms with Crippen molar-refractivity contribution < 1.29 is 14.6 Å². The molecule has 3 rings (SSSR count). The minimum Gasteiger partial charge on any atom is -0.508 e. The van der Waals surface area contributed by atoms with Crippen LogP contribution in [0, 0.1) is 12.3 Å². The highest BCUT2D eigenvalue weighted by molar-refractivity contribution is 5.91. The minimum atomic E-state index is -0.461. The van der Waals surface area contributed by atoms with Crippen molar-refractivity contribution in [1.29, 1.82) is 0 Å². The zero-order valence-corrected chi connectivity index (χ0v) is 12.2. The number of carbonyl (C=O) groups excluding carboxylic acids is 1. The van der Waals surface area contributed by atoms with E-state index in [-0.39, 0.29) is 11.5 Å². The monoisotopic (exact) mass is 306 g/mol. The molecule has 0 atom stereocenters. The summed E-state index contributed by atoms with van der Waals surface area (Å²) < 4.78 is 5.34. The second-order valence-electron chi connectivity index (χ2n) is 4.90. The molecule has 2 aromatic rings. The van der Waals surface area contributed by atoms with Gasteiger partial charge in [-0.2, -0.15) is 5.11 Å². The molecule has 0 unspecified atom stereocenters. The van der Waals surface area contributed by atoms with Crippen LogP contribution in [-0.4, -0.2) is 11.1 Å². The molecule has 0 heterocycles. The highest BCUT2D eigenvalue weighted by atomic mass is 16.5. The number of esters is 1. The molecule has 0 saturated carbocycles. The van der Waals surface area contributed by atoms with Gasteiger partial charge in [-0.1, -0.05) is 30.4 Å². The quantitative estimate of drug-likeness (QED) is 0.515. The fourth-order valence-corrected chi connectivity index (χ4v) is 2.04. The molecular weight excluding hydrogens is 292 g/mol. The van der Waals surface area contributed by atoms with E-state index in [0.717, 1.165) is 0 Å². The topological polar surface area (TPSA) is 71.2 Å². The number of phenols is 1. The summed E-state index contributed by atoms with van der Waals surface area (Å²) in [6, 6.07) is 13.6. The third kappa shape index (κ3) is 3.83. The molecule has 2 aromatic carbocycles. The summed E-state index contributed by atoms with van der Waals surface area (Å²) in [5.41, 5.74) is 1.05. The lowest BCUT2D eigenvalue weighted by Crippen LogP contribution is -2.16. The number of carbonyl (C=O) groups is 1. The standard InChI is InChI=1S/C18H14N2O3/c21-15-10-11-16(20-19-14-8-2-1-3-9-14)17(12-15)23-18(22)13-6-4-5-7-13/h1-6,8-12,21H,7H2. The Kier molecular flexibility index (Phi) is 4.47. The van der Waals surface area contributed by atoms with Crippen molar-refractivity contribution in [2.75, 3.05) is 0 Å². The number of ether oxygens (including phenoxy) is 1. The molecular formula is C18H14N2O3. The Morgan fingerprint density at radius 2 is 1.91 bits per heavy atom. The SMILES string of the molecule is O=C(Oc1cc(O)ccc1N=Nc1ccccc1)[C]1[CH]C=CC1. The maximum absolute atomic E-state index is 12.1. The van der Waals surface area contributed by atoms with Crippen LogP contribution in [0.2, 0.25) is 0 Å². The fraction of sp³-hybridized carbons (Fsp3) is 0.0556. The molecule has 23 heavy (non-hydrogen) atoms. The molecule has 0 aromatic heterocycles. The first-order valence-corrected chi connectivity index (χ1v) is 7.10. The van der Waals surface area contributed by atoms with Gasteiger partial charge in [0.05, 0.1) is 11.6 Å². The zero-order chi connectivity index (χ0) is 16.1. The van der Waals surface area contributed by atoms with E-state index in [4.69, 9.17) is 4.74 Å². The highest BCUT2D eigenvalue weighted by Crippen LogP contribution is 2.34. The molecule has 5 heteroatoms. The van der Waals surface area contributed by atoms with E-state index in [9.17, 15) is 9.90 Å². The number of nitrogens with zero attached hydrogens (tertiary/aromatic N) is 2. The summed E-state index contributed by atoms with van der Waals surface area (Å²) in [5.74, 6) is 0.253. The predicted octanol–water partition coefficient (Wildman–Crippen LogP) is 4.45. The second-order valence-corrected chi connectivity index (χ2v) is 4.90. The van der Waals surface area contributed by atoms with Crippen molar-refractivity contribution in [3.05, 3.63) is 73.0 Å². The maximum atomic E-state index is 12.1. The number of benzene rings is 2. The van der Waals surface area contributed by atoms with E-state index in [1.54, 1.807) is 18.6 Å². The summed E-state index contributed by atoms with van der Waals surface area (Å²) in [4.78, 5) is 12.1. The van der Waals surface area contributed by atoms with Crippen molar-refractivity contribution in [1.82, 2.24) is 0 Å². The molecule has 0 fully saturated rings. The van der Waals surface area contributed by atoms with Crippen molar-refractivity contribution >= 4 is 17.3 Å². The van der Waals surface area contributed by atoms with E-state index in [2.05, 4.69) is 10.2 Å². The van der Waals surface area contributed by atoms with E-state index in [0.29, 0.717) is 23.7 Å². The Morgan fingerprint density at radius 1 is 1.09 bits per heavy atom. The van der Waals surface area contributed by atoms with Gasteiger partial charge < -0.3 is 9.84 Å². The Morgan fingerprint density at radius 3 is 2.65 bits per heavy atom. The molecule has 5 nitrogen and oxygen atoms in total. The number of hydrogen-bond acceptors (Lipinski definition) is 5. The Bertz CT molecular complexity index is 746. The lowest BCUT2D eigenvalue weighted by atomic mass is 10.1. The van der Waals surface area contributed by atoms with Gasteiger partial charge in [0.1, 0.15) is 11.4 Å². The lowest BCUT2D eigenvalue weighted by molar-refractivity contribution is -0.131. The van der Waals surface area contributed by atoms with Crippen LogP contribution in [0.4, 0.5) is 11.4 Å². The van der Waals surface area contributed by atoms with Gasteiger partial charge in [-0.25, -0.2) is 0 Å². The van der Waals surface area contributed by atoms with Crippen molar-refractivity contribution in [2.24, 2.45) is 10.2 Å². The van der Waals surface area contributed by atoms with Gasteiger partial charge in [0.2, 0.25) is 0 Å². The van der Waals surface area contributed by atoms with Gasteiger partial charge in [0.15, 0.2) is 5.75 Å². The smallest absolute Gasteiger partial charge is 0.319 e. The number of phenolic OH excluding ortho intramolecular Hbond substituents is 1. The first-order valence-electron chi connectivity index (χ1n) is 7.10. The van der Waals surface area contributed by atoms with Gasteiger partial charge in [-0.05, 0) is 30.7 Å². The van der Waals surface area contributed by atoms with E-state index in [1.807, 2.05) is 36.4 Å². The molecule has 0 amide bonds. The van der Waals surface area contributed by atoms with E-state index >= 15 is 0 Å². The summed E-state index contributed by atoms with van der Waals surface area (Å²) >= 11 is 0. The summed E-state index contributed by atoms with van der Waals surface area (Å²) in [5, 5.41) is 17.8. The third-order valence-electron chi connectivity index (χ3n) is 3.21. The van der Waals surface area contributed by atoms with Gasteiger partial charge in [-0.3, -0.25) is 4.79 Å². The number of allylic oxidation sites excluding steroid dienone is 2. The van der Waals surface area contributed by atoms with Gasteiger partial charge in [0.25, 0.3) is 0 Å². The molecule has 1 aliphatic rings. The molecule has 114 valence electrons. The van der Waals surface area contributed by atoms with Gasteiger partial charge >= 0.3 is 5.97 Å².